The minimum absolute atomic E-state index is 0.0496. The van der Waals surface area contributed by atoms with Gasteiger partial charge >= 0.3 is 0 Å². The molecule has 5 nitrogen and oxygen atoms in total. The van der Waals surface area contributed by atoms with Crippen molar-refractivity contribution in [2.45, 2.75) is 23.8 Å². The highest BCUT2D eigenvalue weighted by Crippen LogP contribution is 2.43. The van der Waals surface area contributed by atoms with E-state index in [2.05, 4.69) is 0 Å². The molecule has 4 rings (SSSR count). The number of carbonyl (C=O) groups is 1. The van der Waals surface area contributed by atoms with Crippen molar-refractivity contribution in [2.75, 3.05) is 7.05 Å². The molecular weight excluding hydrogens is 417 g/mol. The van der Waals surface area contributed by atoms with Gasteiger partial charge in [0.15, 0.2) is 0 Å². The first kappa shape index (κ1) is 20.2. The number of fused-ring (bicyclic) bond motifs is 1. The predicted octanol–water partition coefficient (Wildman–Crippen LogP) is 3.88. The van der Waals surface area contributed by atoms with Gasteiger partial charge in [-0.05, 0) is 54.3 Å². The molecule has 0 N–H and O–H groups in total. The molecule has 0 aliphatic heterocycles. The molecule has 0 radical (unpaired) electrons. The lowest BCUT2D eigenvalue weighted by molar-refractivity contribution is -0.118. The highest BCUT2D eigenvalue weighted by Gasteiger charge is 2.35. The van der Waals surface area contributed by atoms with Crippen molar-refractivity contribution >= 4 is 16.4 Å². The third kappa shape index (κ3) is 3.19. The van der Waals surface area contributed by atoms with Gasteiger partial charge < -0.3 is 4.90 Å². The van der Waals surface area contributed by atoms with E-state index in [1.54, 1.807) is 7.05 Å². The van der Waals surface area contributed by atoms with Gasteiger partial charge in [0.1, 0.15) is 17.5 Å². The average Bonchev–Trinajstić information content (AvgIpc) is 3.27. The molecule has 0 bridgehead atoms. The summed E-state index contributed by atoms with van der Waals surface area (Å²) in [5.74, 6) is -2.44. The SMILES string of the molecule is CN(C=O)C1CCc2c1cn(S(=O)(=O)c1cccc(F)c1)c2-c1ccc(F)cc1F. The van der Waals surface area contributed by atoms with Crippen LogP contribution in [0.1, 0.15) is 23.6 Å². The lowest BCUT2D eigenvalue weighted by Crippen LogP contribution is -2.21. The van der Waals surface area contributed by atoms with E-state index < -0.39 is 27.5 Å². The molecule has 30 heavy (non-hydrogen) atoms. The molecular formula is C21H17F3N2O3S. The summed E-state index contributed by atoms with van der Waals surface area (Å²) in [5, 5.41) is 0. The van der Waals surface area contributed by atoms with Crippen molar-refractivity contribution in [1.82, 2.24) is 8.87 Å². The van der Waals surface area contributed by atoms with Crippen LogP contribution in [-0.4, -0.2) is 30.7 Å². The van der Waals surface area contributed by atoms with E-state index in [1.165, 1.54) is 29.3 Å². The summed E-state index contributed by atoms with van der Waals surface area (Å²) in [7, 11) is -2.72. The monoisotopic (exact) mass is 434 g/mol. The number of hydrogen-bond donors (Lipinski definition) is 0. The first-order valence-electron chi connectivity index (χ1n) is 9.12. The number of aromatic nitrogens is 1. The minimum atomic E-state index is -4.29. The fourth-order valence-electron chi connectivity index (χ4n) is 3.91. The highest BCUT2D eigenvalue weighted by molar-refractivity contribution is 7.90. The zero-order valence-corrected chi connectivity index (χ0v) is 16.7. The smallest absolute Gasteiger partial charge is 0.268 e. The van der Waals surface area contributed by atoms with Gasteiger partial charge in [-0.2, -0.15) is 0 Å². The van der Waals surface area contributed by atoms with Crippen LogP contribution in [0.5, 0.6) is 0 Å². The molecule has 0 saturated carbocycles. The van der Waals surface area contributed by atoms with E-state index in [0.717, 1.165) is 22.2 Å². The van der Waals surface area contributed by atoms with Gasteiger partial charge in [0, 0.05) is 24.9 Å². The molecule has 3 aromatic rings. The van der Waals surface area contributed by atoms with E-state index in [1.807, 2.05) is 0 Å². The summed E-state index contributed by atoms with van der Waals surface area (Å²) in [6, 6.07) is 7.01. The molecule has 9 heteroatoms. The molecule has 2 aromatic carbocycles. The third-order valence-corrected chi connectivity index (χ3v) is 6.99. The summed E-state index contributed by atoms with van der Waals surface area (Å²) in [4.78, 5) is 12.4. The van der Waals surface area contributed by atoms with Gasteiger partial charge in [0.2, 0.25) is 6.41 Å². The van der Waals surface area contributed by atoms with Gasteiger partial charge in [0.25, 0.3) is 10.0 Å². The van der Waals surface area contributed by atoms with Crippen molar-refractivity contribution in [3.8, 4) is 11.3 Å². The molecule has 156 valence electrons. The van der Waals surface area contributed by atoms with E-state index in [9.17, 15) is 26.4 Å². The number of benzene rings is 2. The molecule has 1 heterocycles. The first-order valence-corrected chi connectivity index (χ1v) is 10.6. The average molecular weight is 434 g/mol. The maximum atomic E-state index is 14.7. The quantitative estimate of drug-likeness (QED) is 0.573. The Kier molecular flexibility index (Phi) is 4.93. The number of carbonyl (C=O) groups excluding carboxylic acids is 1. The third-order valence-electron chi connectivity index (χ3n) is 5.33. The number of rotatable bonds is 5. The van der Waals surface area contributed by atoms with Crippen molar-refractivity contribution in [3.05, 3.63) is 77.2 Å². The van der Waals surface area contributed by atoms with E-state index >= 15 is 0 Å². The number of nitrogens with zero attached hydrogens (tertiary/aromatic N) is 2. The van der Waals surface area contributed by atoms with Crippen LogP contribution >= 0.6 is 0 Å². The molecule has 0 spiro atoms. The number of hydrogen-bond acceptors (Lipinski definition) is 3. The van der Waals surface area contributed by atoms with Crippen molar-refractivity contribution in [2.24, 2.45) is 0 Å². The van der Waals surface area contributed by atoms with Gasteiger partial charge in [-0.3, -0.25) is 4.79 Å². The van der Waals surface area contributed by atoms with Crippen LogP contribution in [0.4, 0.5) is 13.2 Å². The highest BCUT2D eigenvalue weighted by atomic mass is 32.2. The fraction of sp³-hybridized carbons (Fsp3) is 0.190. The number of halogens is 3. The second-order valence-corrected chi connectivity index (χ2v) is 8.93. The van der Waals surface area contributed by atoms with Gasteiger partial charge in [-0.15, -0.1) is 0 Å². The molecule has 1 aliphatic carbocycles. The second-order valence-electron chi connectivity index (χ2n) is 7.12. The Labute approximate surface area is 171 Å². The topological polar surface area (TPSA) is 59.4 Å². The Bertz CT molecular complexity index is 1250. The van der Waals surface area contributed by atoms with Crippen molar-refractivity contribution in [3.63, 3.8) is 0 Å². The summed E-state index contributed by atoms with van der Waals surface area (Å²) < 4.78 is 69.4. The van der Waals surface area contributed by atoms with Gasteiger partial charge in [0.05, 0.1) is 16.6 Å². The normalized spacial score (nSPS) is 15.8. The Morgan fingerprint density at radius 1 is 1.10 bits per heavy atom. The molecule has 1 aromatic heterocycles. The minimum Gasteiger partial charge on any atom is -0.341 e. The van der Waals surface area contributed by atoms with E-state index in [4.69, 9.17) is 0 Å². The van der Waals surface area contributed by atoms with Crippen LogP contribution in [0.2, 0.25) is 0 Å². The Morgan fingerprint density at radius 2 is 1.83 bits per heavy atom. The fourth-order valence-corrected chi connectivity index (χ4v) is 5.36. The van der Waals surface area contributed by atoms with Crippen LogP contribution in [0, 0.1) is 17.5 Å². The first-order chi connectivity index (χ1) is 14.2. The molecule has 0 fully saturated rings. The summed E-state index contributed by atoms with van der Waals surface area (Å²) in [6.45, 7) is 0. The molecule has 1 amide bonds. The lowest BCUT2D eigenvalue weighted by Gasteiger charge is -2.19. The molecule has 1 aliphatic rings. The number of amides is 1. The van der Waals surface area contributed by atoms with Crippen LogP contribution in [0.15, 0.2) is 53.6 Å². The van der Waals surface area contributed by atoms with Gasteiger partial charge in [-0.25, -0.2) is 25.6 Å². The van der Waals surface area contributed by atoms with E-state index in [-0.39, 0.29) is 22.2 Å². The van der Waals surface area contributed by atoms with Crippen LogP contribution in [-0.2, 0) is 21.2 Å². The Balaban J connectivity index is 2.00. The zero-order chi connectivity index (χ0) is 21.6. The van der Waals surface area contributed by atoms with Crippen molar-refractivity contribution < 1.29 is 26.4 Å². The summed E-state index contributed by atoms with van der Waals surface area (Å²) in [5.41, 5.74) is 1.07. The standard InChI is InChI=1S/C21H17F3N2O3S/c1-25(12-27)20-8-7-16-18(20)11-26(21(16)17-6-5-14(23)10-19(17)24)30(28,29)15-4-2-3-13(22)9-15/h2-6,9-12,20H,7-8H2,1H3. The summed E-state index contributed by atoms with van der Waals surface area (Å²) >= 11 is 0. The lowest BCUT2D eigenvalue weighted by atomic mass is 10.1. The van der Waals surface area contributed by atoms with Gasteiger partial charge in [-0.1, -0.05) is 6.07 Å². The predicted molar refractivity (Wildman–Crippen MR) is 104 cm³/mol. The molecule has 1 atom stereocenters. The van der Waals surface area contributed by atoms with Crippen molar-refractivity contribution in [1.29, 1.82) is 0 Å². The maximum Gasteiger partial charge on any atom is 0.268 e. The second kappa shape index (κ2) is 7.32. The van der Waals surface area contributed by atoms with Crippen LogP contribution in [0.25, 0.3) is 11.3 Å². The Hall–Kier alpha value is -3.07. The largest absolute Gasteiger partial charge is 0.341 e. The zero-order valence-electron chi connectivity index (χ0n) is 15.8. The Morgan fingerprint density at radius 3 is 2.50 bits per heavy atom. The van der Waals surface area contributed by atoms with E-state index in [0.29, 0.717) is 36.4 Å². The van der Waals surface area contributed by atoms with Crippen LogP contribution < -0.4 is 0 Å². The van der Waals surface area contributed by atoms with Crippen LogP contribution in [0.3, 0.4) is 0 Å². The summed E-state index contributed by atoms with van der Waals surface area (Å²) in [6.07, 6.45) is 2.91. The maximum absolute atomic E-state index is 14.7. The molecule has 0 saturated heterocycles. The molecule has 1 unspecified atom stereocenters.